The summed E-state index contributed by atoms with van der Waals surface area (Å²) in [6.07, 6.45) is 0.493. The molecule has 1 aromatic heterocycles. The molecule has 20 heavy (non-hydrogen) atoms. The van der Waals surface area contributed by atoms with Crippen molar-refractivity contribution in [3.05, 3.63) is 39.7 Å². The molecule has 2 rings (SSSR count). The summed E-state index contributed by atoms with van der Waals surface area (Å²) >= 11 is 0. The van der Waals surface area contributed by atoms with Crippen LogP contribution in [0.2, 0.25) is 0 Å². The first kappa shape index (κ1) is 13.4. The SMILES string of the molecule is N#CCCc1cccc2c1c(O)c(C(N)=O)c(=O)n2O. The molecule has 1 amide bonds. The van der Waals surface area contributed by atoms with E-state index in [1.807, 2.05) is 6.07 Å². The Morgan fingerprint density at radius 1 is 1.45 bits per heavy atom. The van der Waals surface area contributed by atoms with E-state index in [-0.39, 0.29) is 22.1 Å². The minimum atomic E-state index is -1.13. The highest BCUT2D eigenvalue weighted by atomic mass is 16.5. The van der Waals surface area contributed by atoms with Gasteiger partial charge in [-0.25, -0.2) is 0 Å². The number of aromatic hydroxyl groups is 1. The molecule has 4 N–H and O–H groups in total. The minimum Gasteiger partial charge on any atom is -0.506 e. The van der Waals surface area contributed by atoms with E-state index in [0.717, 1.165) is 0 Å². The van der Waals surface area contributed by atoms with Gasteiger partial charge in [-0.15, -0.1) is 4.73 Å². The number of fused-ring (bicyclic) bond motifs is 1. The maximum atomic E-state index is 11.8. The standard InChI is InChI=1S/C13H11N3O4/c14-6-2-4-7-3-1-5-8-9(7)11(17)10(12(15)18)13(19)16(8)20/h1,3,5,17,20H,2,4H2,(H2,15,18). The first-order valence-electron chi connectivity index (χ1n) is 5.74. The third kappa shape index (κ3) is 1.93. The van der Waals surface area contributed by atoms with Crippen LogP contribution in [0.25, 0.3) is 10.9 Å². The monoisotopic (exact) mass is 273 g/mol. The number of hydrogen-bond donors (Lipinski definition) is 3. The van der Waals surface area contributed by atoms with Crippen molar-refractivity contribution in [3.63, 3.8) is 0 Å². The van der Waals surface area contributed by atoms with Crippen LogP contribution in [0.3, 0.4) is 0 Å². The van der Waals surface area contributed by atoms with Crippen molar-refractivity contribution >= 4 is 16.8 Å². The van der Waals surface area contributed by atoms with E-state index >= 15 is 0 Å². The highest BCUT2D eigenvalue weighted by molar-refractivity contribution is 6.02. The van der Waals surface area contributed by atoms with Crippen LogP contribution in [0.15, 0.2) is 23.0 Å². The number of amides is 1. The maximum Gasteiger partial charge on any atom is 0.300 e. The van der Waals surface area contributed by atoms with E-state index < -0.39 is 22.8 Å². The maximum absolute atomic E-state index is 11.8. The number of carbonyl (C=O) groups excluding carboxylic acids is 1. The molecule has 0 aliphatic rings. The van der Waals surface area contributed by atoms with E-state index in [4.69, 9.17) is 11.0 Å². The molecule has 102 valence electrons. The summed E-state index contributed by atoms with van der Waals surface area (Å²) in [7, 11) is 0. The number of nitrogens with two attached hydrogens (primary N) is 1. The van der Waals surface area contributed by atoms with Gasteiger partial charge in [0.1, 0.15) is 11.3 Å². The smallest absolute Gasteiger partial charge is 0.300 e. The summed E-state index contributed by atoms with van der Waals surface area (Å²) in [5.74, 6) is -1.70. The second-order valence-electron chi connectivity index (χ2n) is 4.17. The molecule has 0 saturated carbocycles. The Morgan fingerprint density at radius 2 is 2.15 bits per heavy atom. The van der Waals surface area contributed by atoms with Crippen LogP contribution < -0.4 is 11.3 Å². The molecule has 0 aliphatic carbocycles. The van der Waals surface area contributed by atoms with Crippen LogP contribution in [-0.4, -0.2) is 21.0 Å². The topological polar surface area (TPSA) is 129 Å². The van der Waals surface area contributed by atoms with Crippen molar-refractivity contribution in [2.45, 2.75) is 12.8 Å². The lowest BCUT2D eigenvalue weighted by atomic mass is 10.0. The van der Waals surface area contributed by atoms with Gasteiger partial charge in [0.15, 0.2) is 0 Å². The summed E-state index contributed by atoms with van der Waals surface area (Å²) in [5.41, 5.74) is 3.87. The van der Waals surface area contributed by atoms with Crippen molar-refractivity contribution in [2.75, 3.05) is 0 Å². The fourth-order valence-corrected chi connectivity index (χ4v) is 2.10. The van der Waals surface area contributed by atoms with Crippen LogP contribution >= 0.6 is 0 Å². The molecular formula is C13H11N3O4. The summed E-state index contributed by atoms with van der Waals surface area (Å²) in [6.45, 7) is 0. The first-order chi connectivity index (χ1) is 9.49. The van der Waals surface area contributed by atoms with E-state index in [1.165, 1.54) is 6.07 Å². The Bertz CT molecular complexity index is 802. The normalized spacial score (nSPS) is 10.3. The molecule has 1 heterocycles. The van der Waals surface area contributed by atoms with Gasteiger partial charge in [-0.05, 0) is 18.1 Å². The summed E-state index contributed by atoms with van der Waals surface area (Å²) in [6, 6.07) is 6.58. The number of hydrogen-bond acceptors (Lipinski definition) is 5. The largest absolute Gasteiger partial charge is 0.506 e. The predicted octanol–water partition coefficient (Wildman–Crippen LogP) is 0.499. The fourth-order valence-electron chi connectivity index (χ4n) is 2.10. The Hall–Kier alpha value is -3.01. The van der Waals surface area contributed by atoms with Gasteiger partial charge in [0.25, 0.3) is 11.5 Å². The predicted molar refractivity (Wildman–Crippen MR) is 69.5 cm³/mol. The highest BCUT2D eigenvalue weighted by Crippen LogP contribution is 2.29. The van der Waals surface area contributed by atoms with Gasteiger partial charge in [-0.3, -0.25) is 9.59 Å². The Labute approximate surface area is 113 Å². The number of carbonyl (C=O) groups is 1. The average molecular weight is 273 g/mol. The molecule has 2 aromatic rings. The number of aryl methyl sites for hydroxylation is 1. The zero-order valence-corrected chi connectivity index (χ0v) is 10.3. The lowest BCUT2D eigenvalue weighted by Crippen LogP contribution is -2.29. The quantitative estimate of drug-likeness (QED) is 0.701. The minimum absolute atomic E-state index is 0.0490. The summed E-state index contributed by atoms with van der Waals surface area (Å²) in [4.78, 5) is 23.0. The second-order valence-corrected chi connectivity index (χ2v) is 4.17. The molecule has 0 fully saturated rings. The average Bonchev–Trinajstić information content (AvgIpc) is 2.42. The lowest BCUT2D eigenvalue weighted by Gasteiger charge is -2.11. The van der Waals surface area contributed by atoms with Crippen LogP contribution in [0.4, 0.5) is 0 Å². The summed E-state index contributed by atoms with van der Waals surface area (Å²) < 4.78 is 0.269. The Balaban J connectivity index is 2.91. The van der Waals surface area contributed by atoms with Crippen LogP contribution in [-0.2, 0) is 6.42 Å². The van der Waals surface area contributed by atoms with Gasteiger partial charge < -0.3 is 16.0 Å². The number of benzene rings is 1. The molecule has 1 aromatic carbocycles. The van der Waals surface area contributed by atoms with Gasteiger partial charge in [0, 0.05) is 11.8 Å². The highest BCUT2D eigenvalue weighted by Gasteiger charge is 2.21. The third-order valence-electron chi connectivity index (χ3n) is 2.99. The number of nitrogens with zero attached hydrogens (tertiary/aromatic N) is 2. The van der Waals surface area contributed by atoms with Gasteiger partial charge in [0.2, 0.25) is 0 Å². The van der Waals surface area contributed by atoms with Crippen molar-refractivity contribution in [1.82, 2.24) is 4.73 Å². The molecule has 0 saturated heterocycles. The van der Waals surface area contributed by atoms with Gasteiger partial charge >= 0.3 is 0 Å². The molecular weight excluding hydrogens is 262 g/mol. The molecule has 7 heteroatoms. The van der Waals surface area contributed by atoms with E-state index in [0.29, 0.717) is 12.0 Å². The van der Waals surface area contributed by atoms with Crippen LogP contribution in [0.1, 0.15) is 22.3 Å². The second kappa shape index (κ2) is 4.93. The fraction of sp³-hybridized carbons (Fsp3) is 0.154. The molecule has 0 spiro atoms. The van der Waals surface area contributed by atoms with E-state index in [2.05, 4.69) is 0 Å². The molecule has 0 unspecified atom stereocenters. The first-order valence-corrected chi connectivity index (χ1v) is 5.74. The van der Waals surface area contributed by atoms with Crippen molar-refractivity contribution in [2.24, 2.45) is 5.73 Å². The van der Waals surface area contributed by atoms with Crippen molar-refractivity contribution in [1.29, 1.82) is 5.26 Å². The zero-order valence-electron chi connectivity index (χ0n) is 10.3. The van der Waals surface area contributed by atoms with Gasteiger partial charge in [-0.1, -0.05) is 12.1 Å². The van der Waals surface area contributed by atoms with Crippen molar-refractivity contribution in [3.8, 4) is 11.8 Å². The van der Waals surface area contributed by atoms with Crippen LogP contribution in [0.5, 0.6) is 5.75 Å². The Morgan fingerprint density at radius 3 is 2.75 bits per heavy atom. The molecule has 0 atom stereocenters. The van der Waals surface area contributed by atoms with Crippen molar-refractivity contribution < 1.29 is 15.1 Å². The van der Waals surface area contributed by atoms with Gasteiger partial charge in [0.05, 0.1) is 11.6 Å². The number of aromatic nitrogens is 1. The number of nitriles is 1. The Kier molecular flexibility index (Phi) is 3.31. The molecule has 0 bridgehead atoms. The van der Waals surface area contributed by atoms with E-state index in [9.17, 15) is 19.9 Å². The van der Waals surface area contributed by atoms with Gasteiger partial charge in [-0.2, -0.15) is 5.26 Å². The van der Waals surface area contributed by atoms with Crippen LogP contribution in [0, 0.1) is 11.3 Å². The third-order valence-corrected chi connectivity index (χ3v) is 2.99. The number of primary amides is 1. The zero-order chi connectivity index (χ0) is 14.9. The number of rotatable bonds is 3. The lowest BCUT2D eigenvalue weighted by molar-refractivity contribution is 0.0990. The van der Waals surface area contributed by atoms with E-state index in [1.54, 1.807) is 12.1 Å². The number of pyridine rings is 1. The molecule has 7 nitrogen and oxygen atoms in total. The molecule has 0 aliphatic heterocycles. The summed E-state index contributed by atoms with van der Waals surface area (Å²) in [5, 5.41) is 28.6. The molecule has 0 radical (unpaired) electrons.